The maximum absolute atomic E-state index is 12.9. The van der Waals surface area contributed by atoms with Crippen LogP contribution in [0.1, 0.15) is 50.2 Å². The van der Waals surface area contributed by atoms with Gasteiger partial charge >= 0.3 is 12.1 Å². The molecule has 0 spiro atoms. The van der Waals surface area contributed by atoms with E-state index in [2.05, 4.69) is 10.6 Å². The van der Waals surface area contributed by atoms with Gasteiger partial charge in [0.2, 0.25) is 5.91 Å². The van der Waals surface area contributed by atoms with Crippen molar-refractivity contribution in [2.75, 3.05) is 26.4 Å². The molecule has 3 N–H and O–H groups in total. The summed E-state index contributed by atoms with van der Waals surface area (Å²) < 4.78 is 16.8. The number of carbonyl (C=O) groups is 3. The minimum Gasteiger partial charge on any atom is -0.481 e. The Morgan fingerprint density at radius 3 is 2.24 bits per heavy atom. The molecule has 2 atom stereocenters. The van der Waals surface area contributed by atoms with Crippen molar-refractivity contribution in [3.63, 3.8) is 0 Å². The molecule has 0 aromatic heterocycles. The normalized spacial score (nSPS) is 17.4. The lowest BCUT2D eigenvalue weighted by molar-refractivity contribution is -0.154. The van der Waals surface area contributed by atoms with Crippen molar-refractivity contribution in [3.05, 3.63) is 59.7 Å². The zero-order valence-corrected chi connectivity index (χ0v) is 21.2. The first-order chi connectivity index (χ1) is 17.8. The largest absolute Gasteiger partial charge is 0.481 e. The number of carboxylic acids is 1. The third kappa shape index (κ3) is 6.67. The summed E-state index contributed by atoms with van der Waals surface area (Å²) in [4.78, 5) is 36.7. The summed E-state index contributed by atoms with van der Waals surface area (Å²) in [6.45, 7) is 5.34. The van der Waals surface area contributed by atoms with E-state index in [0.29, 0.717) is 26.2 Å². The second-order valence-electron chi connectivity index (χ2n) is 9.84. The Bertz CT molecular complexity index is 1080. The molecule has 0 saturated carbocycles. The van der Waals surface area contributed by atoms with E-state index in [4.69, 9.17) is 19.3 Å². The molecular weight excluding hydrogens is 476 g/mol. The number of fused-ring (bicyclic) bond motifs is 3. The number of amides is 2. The molecule has 1 saturated heterocycles. The highest BCUT2D eigenvalue weighted by Crippen LogP contribution is 2.44. The molecule has 2 aliphatic rings. The number of carboxylic acid groups (broad SMARTS) is 1. The number of rotatable bonds is 11. The van der Waals surface area contributed by atoms with Gasteiger partial charge in [-0.15, -0.1) is 0 Å². The van der Waals surface area contributed by atoms with E-state index in [9.17, 15) is 14.4 Å². The number of benzene rings is 2. The van der Waals surface area contributed by atoms with Crippen molar-refractivity contribution in [3.8, 4) is 11.1 Å². The van der Waals surface area contributed by atoms with Gasteiger partial charge in [-0.05, 0) is 41.5 Å². The minimum absolute atomic E-state index is 0.0432. The second-order valence-corrected chi connectivity index (χ2v) is 9.84. The Labute approximate surface area is 216 Å². The number of nitrogens with one attached hydrogen (secondary N) is 2. The molecule has 1 fully saturated rings. The highest BCUT2D eigenvalue weighted by atomic mass is 16.7. The molecule has 2 aromatic carbocycles. The molecule has 0 radical (unpaired) electrons. The number of hydrogen-bond acceptors (Lipinski definition) is 6. The van der Waals surface area contributed by atoms with Gasteiger partial charge in [-0.1, -0.05) is 55.5 Å². The third-order valence-corrected chi connectivity index (χ3v) is 6.84. The lowest BCUT2D eigenvalue weighted by Gasteiger charge is -2.26. The summed E-state index contributed by atoms with van der Waals surface area (Å²) in [5.41, 5.74) is 4.38. The molecule has 1 aliphatic heterocycles. The van der Waals surface area contributed by atoms with Gasteiger partial charge in [0.05, 0.1) is 13.2 Å². The van der Waals surface area contributed by atoms with E-state index in [1.54, 1.807) is 0 Å². The SMILES string of the molecule is CC(CNC(=O)C(CCC(=O)O)NC(=O)OCC1c2ccccc2-c2ccccc21)CC1(C)OCCO1. The van der Waals surface area contributed by atoms with Crippen molar-refractivity contribution in [1.29, 1.82) is 0 Å². The monoisotopic (exact) mass is 510 g/mol. The molecule has 1 aliphatic carbocycles. The summed E-state index contributed by atoms with van der Waals surface area (Å²) in [6, 6.07) is 15.0. The van der Waals surface area contributed by atoms with Crippen LogP contribution in [0.25, 0.3) is 11.1 Å². The van der Waals surface area contributed by atoms with Gasteiger partial charge in [-0.25, -0.2) is 4.79 Å². The fraction of sp³-hybridized carbons (Fsp3) is 0.464. The third-order valence-electron chi connectivity index (χ3n) is 6.84. The molecule has 2 aromatic rings. The lowest BCUT2D eigenvalue weighted by Crippen LogP contribution is -2.48. The van der Waals surface area contributed by atoms with E-state index in [1.807, 2.05) is 62.4 Å². The fourth-order valence-corrected chi connectivity index (χ4v) is 5.10. The highest BCUT2D eigenvalue weighted by molar-refractivity contribution is 5.86. The molecule has 37 heavy (non-hydrogen) atoms. The quantitative estimate of drug-likeness (QED) is 0.422. The van der Waals surface area contributed by atoms with Gasteiger partial charge in [0, 0.05) is 25.3 Å². The summed E-state index contributed by atoms with van der Waals surface area (Å²) in [5, 5.41) is 14.5. The Balaban J connectivity index is 1.33. The fourth-order valence-electron chi connectivity index (χ4n) is 5.10. The molecular formula is C28H34N2O7. The molecule has 0 bridgehead atoms. The molecule has 2 amide bonds. The number of alkyl carbamates (subject to hydrolysis) is 1. The second kappa shape index (κ2) is 11.7. The van der Waals surface area contributed by atoms with Crippen molar-refractivity contribution in [2.45, 2.75) is 50.9 Å². The van der Waals surface area contributed by atoms with Crippen molar-refractivity contribution >= 4 is 18.0 Å². The van der Waals surface area contributed by atoms with Gasteiger partial charge < -0.3 is 30.0 Å². The van der Waals surface area contributed by atoms with Crippen LogP contribution < -0.4 is 10.6 Å². The molecule has 2 unspecified atom stereocenters. The minimum atomic E-state index is -1.05. The summed E-state index contributed by atoms with van der Waals surface area (Å²) >= 11 is 0. The van der Waals surface area contributed by atoms with E-state index in [0.717, 1.165) is 22.3 Å². The van der Waals surface area contributed by atoms with Crippen molar-refractivity contribution in [2.24, 2.45) is 5.92 Å². The topological polar surface area (TPSA) is 123 Å². The van der Waals surface area contributed by atoms with Gasteiger partial charge in [-0.3, -0.25) is 9.59 Å². The van der Waals surface area contributed by atoms with Crippen LogP contribution in [0.5, 0.6) is 0 Å². The molecule has 9 nitrogen and oxygen atoms in total. The van der Waals surface area contributed by atoms with Gasteiger partial charge in [-0.2, -0.15) is 0 Å². The van der Waals surface area contributed by atoms with Gasteiger partial charge in [0.1, 0.15) is 12.6 Å². The van der Waals surface area contributed by atoms with Crippen LogP contribution in [0.2, 0.25) is 0 Å². The smallest absolute Gasteiger partial charge is 0.407 e. The van der Waals surface area contributed by atoms with Gasteiger partial charge in [0.25, 0.3) is 0 Å². The van der Waals surface area contributed by atoms with Crippen LogP contribution in [0.15, 0.2) is 48.5 Å². The predicted octanol–water partition coefficient (Wildman–Crippen LogP) is 3.66. The van der Waals surface area contributed by atoms with Crippen molar-refractivity contribution < 1.29 is 33.7 Å². The number of hydrogen-bond donors (Lipinski definition) is 3. The maximum Gasteiger partial charge on any atom is 0.407 e. The van der Waals surface area contributed by atoms with Crippen LogP contribution in [-0.4, -0.2) is 61.3 Å². The summed E-state index contributed by atoms with van der Waals surface area (Å²) in [6.07, 6.45) is -0.492. The van der Waals surface area contributed by atoms with E-state index in [1.165, 1.54) is 0 Å². The van der Waals surface area contributed by atoms with Crippen LogP contribution in [0, 0.1) is 5.92 Å². The molecule has 198 valence electrons. The van der Waals surface area contributed by atoms with Crippen LogP contribution >= 0.6 is 0 Å². The molecule has 4 rings (SSSR count). The van der Waals surface area contributed by atoms with Crippen LogP contribution in [-0.2, 0) is 23.8 Å². The number of aliphatic carboxylic acids is 1. The van der Waals surface area contributed by atoms with Crippen LogP contribution in [0.3, 0.4) is 0 Å². The first-order valence-electron chi connectivity index (χ1n) is 12.6. The summed E-state index contributed by atoms with van der Waals surface area (Å²) in [7, 11) is 0. The first kappa shape index (κ1) is 26.6. The average molecular weight is 511 g/mol. The Hall–Kier alpha value is -3.43. The molecule has 1 heterocycles. The average Bonchev–Trinajstić information content (AvgIpc) is 3.44. The standard InChI is InChI=1S/C28H34N2O7/c1-18(15-28(2)36-13-14-37-28)16-29-26(33)24(11-12-25(31)32)30-27(34)35-17-23-21-9-5-3-7-19(21)20-8-4-6-10-22(20)23/h3-10,18,23-24H,11-17H2,1-2H3,(H,29,33)(H,30,34)(H,31,32). The van der Waals surface area contributed by atoms with E-state index < -0.39 is 29.8 Å². The Kier molecular flexibility index (Phi) is 8.45. The maximum atomic E-state index is 12.9. The molecule has 9 heteroatoms. The van der Waals surface area contributed by atoms with E-state index in [-0.39, 0.29) is 31.3 Å². The lowest BCUT2D eigenvalue weighted by atomic mass is 9.98. The Morgan fingerprint density at radius 1 is 1.05 bits per heavy atom. The predicted molar refractivity (Wildman–Crippen MR) is 136 cm³/mol. The van der Waals surface area contributed by atoms with Crippen molar-refractivity contribution in [1.82, 2.24) is 10.6 Å². The summed E-state index contributed by atoms with van der Waals surface area (Å²) in [5.74, 6) is -2.26. The van der Waals surface area contributed by atoms with Gasteiger partial charge in [0.15, 0.2) is 5.79 Å². The van der Waals surface area contributed by atoms with E-state index >= 15 is 0 Å². The van der Waals surface area contributed by atoms with Crippen LogP contribution in [0.4, 0.5) is 4.79 Å². The number of carbonyl (C=O) groups excluding carboxylic acids is 2. The zero-order valence-electron chi connectivity index (χ0n) is 21.2. The highest BCUT2D eigenvalue weighted by Gasteiger charge is 2.33. The zero-order chi connectivity index (χ0) is 26.4. The first-order valence-corrected chi connectivity index (χ1v) is 12.6. The Morgan fingerprint density at radius 2 is 1.65 bits per heavy atom. The number of ether oxygens (including phenoxy) is 3.